The number of para-hydroxylation sites is 1. The van der Waals surface area contributed by atoms with E-state index in [1.807, 2.05) is 30.3 Å². The van der Waals surface area contributed by atoms with Crippen LogP contribution in [-0.2, 0) is 22.7 Å². The third kappa shape index (κ3) is 4.47. The highest BCUT2D eigenvalue weighted by molar-refractivity contribution is 7.89. The van der Waals surface area contributed by atoms with Crippen LogP contribution in [-0.4, -0.2) is 18.2 Å². The summed E-state index contributed by atoms with van der Waals surface area (Å²) in [5.74, 6) is 0. The van der Waals surface area contributed by atoms with E-state index in [9.17, 15) is 21.6 Å². The smallest absolute Gasteiger partial charge is 0.238 e. The minimum atomic E-state index is -4.86. The van der Waals surface area contributed by atoms with Crippen LogP contribution >= 0.6 is 11.6 Å². The second kappa shape index (κ2) is 7.81. The summed E-state index contributed by atoms with van der Waals surface area (Å²) in [6, 6.07) is 11.8. The van der Waals surface area contributed by atoms with Crippen LogP contribution in [0.25, 0.3) is 5.69 Å². The summed E-state index contributed by atoms with van der Waals surface area (Å²) in [6.07, 6.45) is -4.86. The van der Waals surface area contributed by atoms with E-state index in [-0.39, 0.29) is 11.6 Å². The third-order valence-corrected chi connectivity index (χ3v) is 6.11. The van der Waals surface area contributed by atoms with E-state index in [4.69, 9.17) is 11.6 Å². The average Bonchev–Trinajstić information content (AvgIpc) is 2.94. The highest BCUT2D eigenvalue weighted by Gasteiger charge is 2.37. The molecule has 0 amide bonds. The van der Waals surface area contributed by atoms with Crippen molar-refractivity contribution in [2.45, 2.75) is 31.5 Å². The van der Waals surface area contributed by atoms with Gasteiger partial charge in [-0.2, -0.15) is 18.3 Å². The third-order valence-electron chi connectivity index (χ3n) is 4.42. The molecule has 0 unspecified atom stereocenters. The van der Waals surface area contributed by atoms with E-state index in [1.54, 1.807) is 18.5 Å². The summed E-state index contributed by atoms with van der Waals surface area (Å²) >= 11 is 5.62. The summed E-state index contributed by atoms with van der Waals surface area (Å²) in [6.45, 7) is 3.27. The van der Waals surface area contributed by atoms with Crippen LogP contribution in [0.5, 0.6) is 0 Å². The number of hydrogen-bond donors (Lipinski definition) is 1. The van der Waals surface area contributed by atoms with Crippen molar-refractivity contribution >= 4 is 21.6 Å². The molecule has 3 aromatic rings. The number of aryl methyl sites for hydroxylation is 1. The van der Waals surface area contributed by atoms with E-state index >= 15 is 0 Å². The number of benzene rings is 2. The zero-order valence-electron chi connectivity index (χ0n) is 15.5. The molecular weight excluding hydrogens is 427 g/mol. The van der Waals surface area contributed by atoms with Crippen LogP contribution < -0.4 is 4.72 Å². The molecule has 154 valence electrons. The molecule has 0 aliphatic rings. The first-order valence-corrected chi connectivity index (χ1v) is 10.3. The molecule has 0 fully saturated rings. The van der Waals surface area contributed by atoms with Gasteiger partial charge in [0.15, 0.2) is 0 Å². The number of aromatic nitrogens is 2. The number of hydrogen-bond acceptors (Lipinski definition) is 3. The predicted octanol–water partition coefficient (Wildman–Crippen LogP) is 4.64. The Morgan fingerprint density at radius 2 is 1.76 bits per heavy atom. The maximum absolute atomic E-state index is 13.3. The van der Waals surface area contributed by atoms with Gasteiger partial charge in [0, 0.05) is 22.8 Å². The van der Waals surface area contributed by atoms with Gasteiger partial charge < -0.3 is 0 Å². The van der Waals surface area contributed by atoms with Crippen LogP contribution in [0, 0.1) is 13.8 Å². The van der Waals surface area contributed by atoms with Gasteiger partial charge in [0.25, 0.3) is 0 Å². The normalized spacial score (nSPS) is 12.3. The van der Waals surface area contributed by atoms with Crippen molar-refractivity contribution in [1.29, 1.82) is 0 Å². The van der Waals surface area contributed by atoms with Gasteiger partial charge in [-0.05, 0) is 44.2 Å². The first-order chi connectivity index (χ1) is 13.5. The molecular formula is C19H17ClF3N3O2S. The zero-order chi connectivity index (χ0) is 21.4. The van der Waals surface area contributed by atoms with Gasteiger partial charge in [-0.1, -0.05) is 29.8 Å². The van der Waals surface area contributed by atoms with Crippen LogP contribution in [0.4, 0.5) is 13.2 Å². The lowest BCUT2D eigenvalue weighted by molar-refractivity contribution is -0.139. The van der Waals surface area contributed by atoms with E-state index < -0.39 is 26.7 Å². The van der Waals surface area contributed by atoms with Crippen molar-refractivity contribution in [3.63, 3.8) is 0 Å². The van der Waals surface area contributed by atoms with Gasteiger partial charge in [0.2, 0.25) is 10.0 Å². The highest BCUT2D eigenvalue weighted by atomic mass is 35.5. The second-order valence-corrected chi connectivity index (χ2v) is 8.53. The molecule has 0 bridgehead atoms. The summed E-state index contributed by atoms with van der Waals surface area (Å²) in [5.41, 5.74) is 1.31. The Morgan fingerprint density at radius 3 is 2.38 bits per heavy atom. The van der Waals surface area contributed by atoms with Crippen molar-refractivity contribution in [2.24, 2.45) is 0 Å². The molecule has 5 nitrogen and oxygen atoms in total. The minimum absolute atomic E-state index is 0.202. The number of nitrogens with one attached hydrogen (secondary N) is 1. The maximum atomic E-state index is 13.3. The number of halogens is 4. The second-order valence-electron chi connectivity index (χ2n) is 6.36. The highest BCUT2D eigenvalue weighted by Crippen LogP contribution is 2.35. The van der Waals surface area contributed by atoms with Gasteiger partial charge in [-0.25, -0.2) is 17.8 Å². The Kier molecular flexibility index (Phi) is 5.75. The first kappa shape index (κ1) is 21.4. The zero-order valence-corrected chi connectivity index (χ0v) is 17.0. The lowest BCUT2D eigenvalue weighted by atomic mass is 10.2. The Hall–Kier alpha value is -2.36. The SMILES string of the molecule is Cc1nn(-c2ccccc2)c(C)c1CNS(=O)(=O)c1ccc(Cl)cc1C(F)(F)F. The van der Waals surface area contributed by atoms with Crippen molar-refractivity contribution in [1.82, 2.24) is 14.5 Å². The topological polar surface area (TPSA) is 64.0 Å². The van der Waals surface area contributed by atoms with Crippen molar-refractivity contribution in [3.05, 3.63) is 76.1 Å². The molecule has 0 aliphatic carbocycles. The minimum Gasteiger partial charge on any atom is -0.238 e. The quantitative estimate of drug-likeness (QED) is 0.624. The molecule has 2 aromatic carbocycles. The first-order valence-electron chi connectivity index (χ1n) is 8.47. The Bertz CT molecular complexity index is 1140. The Labute approximate surface area is 171 Å². The lowest BCUT2D eigenvalue weighted by Gasteiger charge is -2.14. The van der Waals surface area contributed by atoms with Crippen LogP contribution in [0.2, 0.25) is 5.02 Å². The van der Waals surface area contributed by atoms with Crippen molar-refractivity contribution < 1.29 is 21.6 Å². The molecule has 0 aliphatic heterocycles. The van der Waals surface area contributed by atoms with Gasteiger partial charge >= 0.3 is 6.18 Å². The van der Waals surface area contributed by atoms with Crippen LogP contribution in [0.15, 0.2) is 53.4 Å². The largest absolute Gasteiger partial charge is 0.417 e. The van der Waals surface area contributed by atoms with Crippen LogP contribution in [0.3, 0.4) is 0 Å². The number of alkyl halides is 3. The molecule has 0 saturated heterocycles. The summed E-state index contributed by atoms with van der Waals surface area (Å²) in [5, 5.41) is 4.20. The number of sulfonamides is 1. The molecule has 29 heavy (non-hydrogen) atoms. The van der Waals surface area contributed by atoms with Crippen molar-refractivity contribution in [3.8, 4) is 5.69 Å². The fourth-order valence-corrected chi connectivity index (χ4v) is 4.33. The molecule has 1 aromatic heterocycles. The summed E-state index contributed by atoms with van der Waals surface area (Å²) in [4.78, 5) is -0.875. The Balaban J connectivity index is 1.92. The summed E-state index contributed by atoms with van der Waals surface area (Å²) in [7, 11) is -4.44. The van der Waals surface area contributed by atoms with Gasteiger partial charge in [-0.15, -0.1) is 0 Å². The van der Waals surface area contributed by atoms with Gasteiger partial charge in [-0.3, -0.25) is 0 Å². The molecule has 0 saturated carbocycles. The molecule has 3 rings (SSSR count). The average molecular weight is 444 g/mol. The molecule has 0 radical (unpaired) electrons. The van der Waals surface area contributed by atoms with E-state index in [0.29, 0.717) is 23.0 Å². The van der Waals surface area contributed by atoms with Crippen LogP contribution in [0.1, 0.15) is 22.5 Å². The molecule has 0 atom stereocenters. The fourth-order valence-electron chi connectivity index (χ4n) is 2.95. The molecule has 10 heteroatoms. The maximum Gasteiger partial charge on any atom is 0.417 e. The number of nitrogens with zero attached hydrogens (tertiary/aromatic N) is 2. The van der Waals surface area contributed by atoms with Gasteiger partial charge in [0.05, 0.1) is 21.8 Å². The number of rotatable bonds is 5. The van der Waals surface area contributed by atoms with E-state index in [2.05, 4.69) is 9.82 Å². The Morgan fingerprint density at radius 1 is 1.10 bits per heavy atom. The predicted molar refractivity (Wildman–Crippen MR) is 104 cm³/mol. The molecule has 1 N–H and O–H groups in total. The van der Waals surface area contributed by atoms with E-state index in [1.165, 1.54) is 0 Å². The monoisotopic (exact) mass is 443 g/mol. The summed E-state index contributed by atoms with van der Waals surface area (Å²) < 4.78 is 68.9. The lowest BCUT2D eigenvalue weighted by Crippen LogP contribution is -2.26. The van der Waals surface area contributed by atoms with Gasteiger partial charge in [0.1, 0.15) is 0 Å². The fraction of sp³-hybridized carbons (Fsp3) is 0.211. The molecule has 0 spiro atoms. The van der Waals surface area contributed by atoms with E-state index in [0.717, 1.165) is 17.8 Å². The van der Waals surface area contributed by atoms with Crippen molar-refractivity contribution in [2.75, 3.05) is 0 Å². The standard InChI is InChI=1S/C19H17ClF3N3O2S/c1-12-16(13(2)26(25-12)15-6-4-3-5-7-15)11-24-29(27,28)18-9-8-14(20)10-17(18)19(21,22)23/h3-10,24H,11H2,1-2H3. The molecule has 1 heterocycles.